The molecule has 0 saturated heterocycles. The van der Waals surface area contributed by atoms with E-state index >= 15 is 0 Å². The molecule has 0 aliphatic rings. The average Bonchev–Trinajstić information content (AvgIpc) is 2.16. The van der Waals surface area contributed by atoms with Gasteiger partial charge in [0.2, 0.25) is 0 Å². The van der Waals surface area contributed by atoms with E-state index in [0.717, 1.165) is 0 Å². The fourth-order valence-electron chi connectivity index (χ4n) is 0.853. The Labute approximate surface area is 97.2 Å². The number of hydrogen-bond donors (Lipinski definition) is 0. The summed E-state index contributed by atoms with van der Waals surface area (Å²) in [7, 11) is 1.33. The summed E-state index contributed by atoms with van der Waals surface area (Å²) in [6.45, 7) is 1.60. The van der Waals surface area contributed by atoms with Gasteiger partial charge in [-0.05, 0) is 21.1 Å². The predicted molar refractivity (Wildman–Crippen MR) is 64.1 cm³/mol. The zero-order valence-corrected chi connectivity index (χ0v) is 10.1. The Morgan fingerprint density at radius 3 is 3.00 bits per heavy atom. The van der Waals surface area contributed by atoms with Crippen molar-refractivity contribution in [2.45, 2.75) is 6.92 Å². The first-order chi connectivity index (χ1) is 6.65. The smallest absolute Gasteiger partial charge is 0.258 e. The van der Waals surface area contributed by atoms with Crippen LogP contribution in [0, 0.1) is 28.2 Å². The molecule has 1 aromatic heterocycles. The third-order valence-electron chi connectivity index (χ3n) is 1.49. The van der Waals surface area contributed by atoms with Crippen LogP contribution in [0.4, 0.5) is 5.69 Å². The van der Waals surface area contributed by atoms with E-state index in [-0.39, 0.29) is 5.69 Å². The molecule has 0 amide bonds. The molecule has 1 aromatic rings. The standard InChI is InChI=1S/C8H5IN2O2S/c1-6-8(11(12)13)4-7(5-10-6)2-3-14-9/h4-5H,1H3. The zero-order valence-electron chi connectivity index (χ0n) is 7.15. The first-order valence-corrected chi connectivity index (χ1v) is 6.90. The number of nitrogens with zero attached hydrogens (tertiary/aromatic N) is 2. The fourth-order valence-corrected chi connectivity index (χ4v) is 1.34. The molecule has 0 aromatic carbocycles. The second-order valence-corrected chi connectivity index (χ2v) is 4.07. The van der Waals surface area contributed by atoms with Gasteiger partial charge in [-0.15, -0.1) is 0 Å². The van der Waals surface area contributed by atoms with E-state index in [1.54, 1.807) is 6.92 Å². The van der Waals surface area contributed by atoms with Crippen LogP contribution >= 0.6 is 30.1 Å². The first-order valence-electron chi connectivity index (χ1n) is 3.55. The highest BCUT2D eigenvalue weighted by Crippen LogP contribution is 2.16. The van der Waals surface area contributed by atoms with E-state index in [2.05, 4.69) is 16.2 Å². The highest BCUT2D eigenvalue weighted by molar-refractivity contribution is 14.2. The Morgan fingerprint density at radius 1 is 1.71 bits per heavy atom. The van der Waals surface area contributed by atoms with Crippen LogP contribution in [-0.4, -0.2) is 9.91 Å². The number of hydrogen-bond acceptors (Lipinski definition) is 4. The molecule has 0 spiro atoms. The van der Waals surface area contributed by atoms with Crippen LogP contribution in [-0.2, 0) is 0 Å². The molecule has 72 valence electrons. The van der Waals surface area contributed by atoms with Gasteiger partial charge in [0, 0.05) is 33.5 Å². The summed E-state index contributed by atoms with van der Waals surface area (Å²) < 4.78 is 0. The lowest BCUT2D eigenvalue weighted by Crippen LogP contribution is -1.94. The molecular weight excluding hydrogens is 315 g/mol. The van der Waals surface area contributed by atoms with Gasteiger partial charge in [-0.1, -0.05) is 5.92 Å². The normalized spacial score (nSPS) is 9.00. The quantitative estimate of drug-likeness (QED) is 0.345. The number of aromatic nitrogens is 1. The SMILES string of the molecule is Cc1ncc(C#CSI)cc1[N+](=O)[O-]. The van der Waals surface area contributed by atoms with E-state index in [1.807, 2.05) is 21.2 Å². The Hall–Kier alpha value is -0.810. The van der Waals surface area contributed by atoms with Crippen LogP contribution in [0.25, 0.3) is 0 Å². The van der Waals surface area contributed by atoms with Gasteiger partial charge in [0.1, 0.15) is 5.69 Å². The molecule has 0 atom stereocenters. The lowest BCUT2D eigenvalue weighted by molar-refractivity contribution is -0.385. The third kappa shape index (κ3) is 2.85. The van der Waals surface area contributed by atoms with Crippen molar-refractivity contribution in [3.8, 4) is 11.2 Å². The van der Waals surface area contributed by atoms with E-state index in [4.69, 9.17) is 0 Å². The van der Waals surface area contributed by atoms with Crippen molar-refractivity contribution in [2.75, 3.05) is 0 Å². The topological polar surface area (TPSA) is 56.0 Å². The molecule has 0 radical (unpaired) electrons. The molecule has 6 heteroatoms. The average molecular weight is 320 g/mol. The maximum Gasteiger partial charge on any atom is 0.291 e. The van der Waals surface area contributed by atoms with Crippen LogP contribution in [0.15, 0.2) is 12.3 Å². The van der Waals surface area contributed by atoms with Crippen molar-refractivity contribution in [2.24, 2.45) is 0 Å². The van der Waals surface area contributed by atoms with E-state index in [1.165, 1.54) is 21.2 Å². The molecule has 0 N–H and O–H groups in total. The highest BCUT2D eigenvalue weighted by Gasteiger charge is 2.11. The Bertz CT molecular complexity index is 425. The van der Waals surface area contributed by atoms with Crippen LogP contribution in [0.3, 0.4) is 0 Å². The largest absolute Gasteiger partial charge is 0.291 e. The minimum absolute atomic E-state index is 0.00950. The van der Waals surface area contributed by atoms with Crippen LogP contribution in [0.2, 0.25) is 0 Å². The van der Waals surface area contributed by atoms with E-state index in [0.29, 0.717) is 11.3 Å². The highest BCUT2D eigenvalue weighted by atomic mass is 127. The summed E-state index contributed by atoms with van der Waals surface area (Å²) in [6.07, 6.45) is 1.53. The summed E-state index contributed by atoms with van der Waals surface area (Å²) >= 11 is 2.03. The molecule has 1 heterocycles. The summed E-state index contributed by atoms with van der Waals surface area (Å²) in [5.41, 5.74) is 0.976. The molecule has 0 aliphatic carbocycles. The van der Waals surface area contributed by atoms with Gasteiger partial charge in [0.05, 0.1) is 10.5 Å². The first kappa shape index (κ1) is 11.3. The van der Waals surface area contributed by atoms with Gasteiger partial charge in [-0.3, -0.25) is 15.1 Å². The van der Waals surface area contributed by atoms with Gasteiger partial charge >= 0.3 is 0 Å². The minimum atomic E-state index is -0.454. The van der Waals surface area contributed by atoms with Crippen molar-refractivity contribution in [3.05, 3.63) is 33.6 Å². The minimum Gasteiger partial charge on any atom is -0.258 e. The second kappa shape index (κ2) is 5.17. The van der Waals surface area contributed by atoms with Crippen molar-refractivity contribution >= 4 is 35.8 Å². The molecule has 0 fully saturated rings. The third-order valence-corrected chi connectivity index (χ3v) is 2.33. The summed E-state index contributed by atoms with van der Waals surface area (Å²) in [5.74, 6) is 2.76. The Morgan fingerprint density at radius 2 is 2.43 bits per heavy atom. The molecule has 0 unspecified atom stereocenters. The summed E-state index contributed by atoms with van der Waals surface area (Å²) in [5, 5.41) is 13.3. The van der Waals surface area contributed by atoms with Crippen LogP contribution in [0.5, 0.6) is 0 Å². The molecule has 1 rings (SSSR count). The molecule has 0 bridgehead atoms. The number of aryl methyl sites for hydroxylation is 1. The Kier molecular flexibility index (Phi) is 4.16. The van der Waals surface area contributed by atoms with Crippen LogP contribution < -0.4 is 0 Å². The van der Waals surface area contributed by atoms with Crippen molar-refractivity contribution in [1.82, 2.24) is 4.98 Å². The number of halogens is 1. The van der Waals surface area contributed by atoms with E-state index in [9.17, 15) is 10.1 Å². The zero-order chi connectivity index (χ0) is 10.6. The lowest BCUT2D eigenvalue weighted by atomic mass is 10.2. The Balaban J connectivity index is 3.13. The summed E-state index contributed by atoms with van der Waals surface area (Å²) in [4.78, 5) is 14.0. The van der Waals surface area contributed by atoms with Crippen LogP contribution in [0.1, 0.15) is 11.3 Å². The maximum atomic E-state index is 10.6. The monoisotopic (exact) mass is 320 g/mol. The summed E-state index contributed by atoms with van der Waals surface area (Å²) in [6, 6.07) is 1.43. The maximum absolute atomic E-state index is 10.6. The van der Waals surface area contributed by atoms with Gasteiger partial charge in [-0.2, -0.15) is 0 Å². The van der Waals surface area contributed by atoms with Crippen molar-refractivity contribution in [3.63, 3.8) is 0 Å². The van der Waals surface area contributed by atoms with Gasteiger partial charge < -0.3 is 0 Å². The molecule has 0 saturated carbocycles. The number of pyridine rings is 1. The van der Waals surface area contributed by atoms with E-state index < -0.39 is 4.92 Å². The second-order valence-electron chi connectivity index (χ2n) is 2.39. The van der Waals surface area contributed by atoms with Crippen molar-refractivity contribution < 1.29 is 4.92 Å². The molecule has 0 aliphatic heterocycles. The molecule has 4 nitrogen and oxygen atoms in total. The number of nitro groups is 1. The fraction of sp³-hybridized carbons (Fsp3) is 0.125. The van der Waals surface area contributed by atoms with Gasteiger partial charge in [-0.25, -0.2) is 0 Å². The molecular formula is C8H5IN2O2S. The van der Waals surface area contributed by atoms with Gasteiger partial charge in [0.25, 0.3) is 5.69 Å². The number of rotatable bonds is 1. The van der Waals surface area contributed by atoms with Gasteiger partial charge in [0.15, 0.2) is 0 Å². The molecule has 14 heavy (non-hydrogen) atoms. The van der Waals surface area contributed by atoms with Crippen molar-refractivity contribution in [1.29, 1.82) is 0 Å². The predicted octanol–water partition coefficient (Wildman–Crippen LogP) is 2.69. The lowest BCUT2D eigenvalue weighted by Gasteiger charge is -1.95.